The zero-order valence-electron chi connectivity index (χ0n) is 34.4. The lowest BCUT2D eigenvalue weighted by Crippen LogP contribution is -2.26. The summed E-state index contributed by atoms with van der Waals surface area (Å²) in [5.41, 5.74) is 17.8. The fourth-order valence-electron chi connectivity index (χ4n) is 11.9. The number of fused-ring (bicyclic) bond motifs is 17. The molecule has 2 aliphatic rings. The third-order valence-corrected chi connectivity index (χ3v) is 14.4. The predicted molar refractivity (Wildman–Crippen MR) is 267 cm³/mol. The van der Waals surface area contributed by atoms with Gasteiger partial charge < -0.3 is 0 Å². The molecule has 0 bridgehead atoms. The highest BCUT2D eigenvalue weighted by molar-refractivity contribution is 6.25. The Bertz CT molecular complexity index is 3820. The van der Waals surface area contributed by atoms with E-state index in [1.54, 1.807) is 0 Å². The van der Waals surface area contributed by atoms with Gasteiger partial charge in [0.2, 0.25) is 0 Å². The van der Waals surface area contributed by atoms with Crippen LogP contribution in [0.3, 0.4) is 0 Å². The van der Waals surface area contributed by atoms with Crippen molar-refractivity contribution in [2.75, 3.05) is 0 Å². The fraction of sp³-hybridized carbons (Fsp3) is 0.0159. The van der Waals surface area contributed by atoms with Crippen LogP contribution in [0.25, 0.3) is 109 Å². The average Bonchev–Trinajstić information content (AvgIpc) is 3.83. The summed E-state index contributed by atoms with van der Waals surface area (Å²) in [6.07, 6.45) is 0. The largest absolute Gasteiger partial charge is 0.0731 e. The molecule has 0 nitrogen and oxygen atoms in total. The van der Waals surface area contributed by atoms with Crippen molar-refractivity contribution in [3.8, 4) is 55.6 Å². The molecule has 0 aromatic heterocycles. The van der Waals surface area contributed by atoms with E-state index < -0.39 is 5.41 Å². The molecular weight excluding hydrogens is 757 g/mol. The first kappa shape index (κ1) is 34.6. The van der Waals surface area contributed by atoms with Crippen LogP contribution in [0.5, 0.6) is 0 Å². The van der Waals surface area contributed by atoms with Gasteiger partial charge in [-0.05, 0) is 150 Å². The number of hydrogen-bond acceptors (Lipinski definition) is 0. The molecule has 63 heavy (non-hydrogen) atoms. The van der Waals surface area contributed by atoms with Gasteiger partial charge in [-0.1, -0.05) is 212 Å². The van der Waals surface area contributed by atoms with E-state index in [4.69, 9.17) is 0 Å². The van der Waals surface area contributed by atoms with E-state index in [9.17, 15) is 0 Å². The van der Waals surface area contributed by atoms with E-state index in [0.717, 1.165) is 0 Å². The van der Waals surface area contributed by atoms with Crippen molar-refractivity contribution in [1.29, 1.82) is 0 Å². The molecule has 2 aliphatic carbocycles. The van der Waals surface area contributed by atoms with Crippen molar-refractivity contribution in [3.05, 3.63) is 253 Å². The first-order valence-corrected chi connectivity index (χ1v) is 22.1. The van der Waals surface area contributed by atoms with Crippen LogP contribution in [-0.2, 0) is 5.41 Å². The molecule has 0 aliphatic heterocycles. The van der Waals surface area contributed by atoms with Crippen LogP contribution in [0.15, 0.2) is 231 Å². The van der Waals surface area contributed by atoms with Crippen molar-refractivity contribution in [1.82, 2.24) is 0 Å². The van der Waals surface area contributed by atoms with Crippen LogP contribution in [0, 0.1) is 0 Å². The standard InChI is InChI=1S/C63H38/c1-2-18-41-36-43(33-32-39(41)16-1)42-19-15-20-44(37-42)59-50-26-7-9-28-52(50)60(53-29-10-8-27-51(53)59)55-38-58-61(49-25-6-5-22-46(49)55)54-35-34-40-17-3-4-21-45(40)62(54)63(58)56-30-13-11-23-47(56)48-24-12-14-31-57(48)63/h1-38H. The fourth-order valence-corrected chi connectivity index (χ4v) is 11.9. The Balaban J connectivity index is 1.10. The molecule has 0 radical (unpaired) electrons. The molecule has 0 N–H and O–H groups in total. The van der Waals surface area contributed by atoms with Crippen molar-refractivity contribution >= 4 is 53.9 Å². The smallest absolute Gasteiger partial charge is 0.0619 e. The minimum atomic E-state index is -0.508. The molecule has 0 heteroatoms. The van der Waals surface area contributed by atoms with Gasteiger partial charge in [0, 0.05) is 0 Å². The summed E-state index contributed by atoms with van der Waals surface area (Å²) in [6, 6.07) is 86.8. The van der Waals surface area contributed by atoms with Gasteiger partial charge in [0.05, 0.1) is 5.41 Å². The van der Waals surface area contributed by atoms with Gasteiger partial charge in [-0.2, -0.15) is 0 Å². The third kappa shape index (κ3) is 4.65. The molecule has 12 aromatic rings. The molecule has 0 fully saturated rings. The Morgan fingerprint density at radius 1 is 0.222 bits per heavy atom. The highest BCUT2D eigenvalue weighted by Gasteiger charge is 2.53. The second-order valence-corrected chi connectivity index (χ2v) is 17.4. The highest BCUT2D eigenvalue weighted by atomic mass is 14.5. The van der Waals surface area contributed by atoms with Crippen LogP contribution in [0.2, 0.25) is 0 Å². The van der Waals surface area contributed by atoms with Gasteiger partial charge in [-0.3, -0.25) is 0 Å². The maximum Gasteiger partial charge on any atom is 0.0731 e. The topological polar surface area (TPSA) is 0 Å². The van der Waals surface area contributed by atoms with Crippen molar-refractivity contribution in [2.45, 2.75) is 5.41 Å². The van der Waals surface area contributed by atoms with Crippen LogP contribution in [-0.4, -0.2) is 0 Å². The van der Waals surface area contributed by atoms with Crippen LogP contribution in [0.1, 0.15) is 22.3 Å². The van der Waals surface area contributed by atoms with E-state index in [1.807, 2.05) is 0 Å². The summed E-state index contributed by atoms with van der Waals surface area (Å²) in [5, 5.41) is 12.7. The van der Waals surface area contributed by atoms with Crippen molar-refractivity contribution in [3.63, 3.8) is 0 Å². The van der Waals surface area contributed by atoms with E-state index in [0.29, 0.717) is 0 Å². The molecule has 0 saturated carbocycles. The summed E-state index contributed by atoms with van der Waals surface area (Å²) >= 11 is 0. The molecule has 0 atom stereocenters. The summed E-state index contributed by atoms with van der Waals surface area (Å²) in [5.74, 6) is 0. The predicted octanol–water partition coefficient (Wildman–Crippen LogP) is 16.8. The Morgan fingerprint density at radius 2 is 0.714 bits per heavy atom. The van der Waals surface area contributed by atoms with Gasteiger partial charge in [0.1, 0.15) is 0 Å². The van der Waals surface area contributed by atoms with E-state index in [-0.39, 0.29) is 0 Å². The monoisotopic (exact) mass is 794 g/mol. The van der Waals surface area contributed by atoms with E-state index >= 15 is 0 Å². The molecule has 0 saturated heterocycles. The molecule has 0 amide bonds. The zero-order valence-corrected chi connectivity index (χ0v) is 34.4. The lowest BCUT2D eigenvalue weighted by atomic mass is 9.68. The molecule has 1 spiro atoms. The van der Waals surface area contributed by atoms with Crippen LogP contribution in [0.4, 0.5) is 0 Å². The molecule has 12 aromatic carbocycles. The maximum absolute atomic E-state index is 2.61. The first-order chi connectivity index (χ1) is 31.3. The lowest BCUT2D eigenvalue weighted by Gasteiger charge is -2.32. The van der Waals surface area contributed by atoms with Gasteiger partial charge in [0.25, 0.3) is 0 Å². The Kier molecular flexibility index (Phi) is 7.13. The Hall–Kier alpha value is -8.06. The normalized spacial score (nSPS) is 13.2. The minimum Gasteiger partial charge on any atom is -0.0619 e. The number of benzene rings is 12. The van der Waals surface area contributed by atoms with Crippen LogP contribution < -0.4 is 0 Å². The lowest BCUT2D eigenvalue weighted by molar-refractivity contribution is 0.802. The first-order valence-electron chi connectivity index (χ1n) is 22.1. The summed E-state index contributed by atoms with van der Waals surface area (Å²) in [4.78, 5) is 0. The zero-order chi connectivity index (χ0) is 41.2. The second-order valence-electron chi connectivity index (χ2n) is 17.4. The van der Waals surface area contributed by atoms with Crippen molar-refractivity contribution in [2.24, 2.45) is 0 Å². The highest BCUT2D eigenvalue weighted by Crippen LogP contribution is 2.66. The Morgan fingerprint density at radius 3 is 1.40 bits per heavy atom. The summed E-state index contributed by atoms with van der Waals surface area (Å²) in [6.45, 7) is 0. The molecule has 14 rings (SSSR count). The summed E-state index contributed by atoms with van der Waals surface area (Å²) < 4.78 is 0. The molecular formula is C63H38. The van der Waals surface area contributed by atoms with Crippen molar-refractivity contribution < 1.29 is 0 Å². The number of hydrogen-bond donors (Lipinski definition) is 0. The maximum atomic E-state index is 2.61. The SMILES string of the molecule is c1cc(-c2ccc3ccccc3c2)cc(-c2c3ccccc3c(-c3cc4c(c5ccccc35)-c3ccc5ccccc5c3C43c4ccccc4-c4ccccc43)c3ccccc23)c1. The van der Waals surface area contributed by atoms with Gasteiger partial charge in [-0.25, -0.2) is 0 Å². The second kappa shape index (κ2) is 13.0. The molecule has 0 heterocycles. The van der Waals surface area contributed by atoms with Gasteiger partial charge >= 0.3 is 0 Å². The van der Waals surface area contributed by atoms with Gasteiger partial charge in [-0.15, -0.1) is 0 Å². The van der Waals surface area contributed by atoms with E-state index in [1.165, 1.54) is 132 Å². The van der Waals surface area contributed by atoms with E-state index in [2.05, 4.69) is 231 Å². The quantitative estimate of drug-likeness (QED) is 0.156. The molecule has 290 valence electrons. The third-order valence-electron chi connectivity index (χ3n) is 14.4. The van der Waals surface area contributed by atoms with Crippen LogP contribution >= 0.6 is 0 Å². The van der Waals surface area contributed by atoms with Gasteiger partial charge in [0.15, 0.2) is 0 Å². The molecule has 0 unspecified atom stereocenters. The minimum absolute atomic E-state index is 0.508. The summed E-state index contributed by atoms with van der Waals surface area (Å²) in [7, 11) is 0. The average molecular weight is 795 g/mol. The Labute approximate surface area is 366 Å². The number of rotatable bonds is 3.